The summed E-state index contributed by atoms with van der Waals surface area (Å²) in [4.78, 5) is 0. The highest BCUT2D eigenvalue weighted by Gasteiger charge is 2.12. The van der Waals surface area contributed by atoms with Gasteiger partial charge in [0, 0.05) is 40.3 Å². The van der Waals surface area contributed by atoms with E-state index in [1.54, 1.807) is 20.3 Å². The highest BCUT2D eigenvalue weighted by molar-refractivity contribution is 6.31. The summed E-state index contributed by atoms with van der Waals surface area (Å²) in [5.74, 6) is 2.05. The maximum atomic E-state index is 6.49. The smallest absolute Gasteiger partial charge is 0.163 e. The van der Waals surface area contributed by atoms with Crippen molar-refractivity contribution in [3.8, 4) is 17.2 Å². The van der Waals surface area contributed by atoms with Crippen molar-refractivity contribution in [1.29, 1.82) is 0 Å². The summed E-state index contributed by atoms with van der Waals surface area (Å²) in [7, 11) is 3.28. The lowest BCUT2D eigenvalue weighted by atomic mass is 10.1. The van der Waals surface area contributed by atoms with Crippen LogP contribution < -0.4 is 19.5 Å². The molecule has 0 fully saturated rings. The second kappa shape index (κ2) is 10.4. The molecule has 6 heteroatoms. The summed E-state index contributed by atoms with van der Waals surface area (Å²) < 4.78 is 16.8. The fourth-order valence-corrected chi connectivity index (χ4v) is 3.35. The molecule has 1 N–H and O–H groups in total. The zero-order valence-electron chi connectivity index (χ0n) is 16.4. The predicted octanol–water partition coefficient (Wildman–Crippen LogP) is 5.88. The van der Waals surface area contributed by atoms with Crippen LogP contribution in [-0.2, 0) is 19.7 Å². The molecule has 0 aliphatic heterocycles. The van der Waals surface area contributed by atoms with Crippen molar-refractivity contribution < 1.29 is 14.2 Å². The van der Waals surface area contributed by atoms with Gasteiger partial charge >= 0.3 is 0 Å². The monoisotopic (exact) mass is 431 g/mol. The van der Waals surface area contributed by atoms with Gasteiger partial charge in [-0.3, -0.25) is 0 Å². The van der Waals surface area contributed by atoms with Crippen molar-refractivity contribution in [2.24, 2.45) is 0 Å². The Labute approximate surface area is 181 Å². The Morgan fingerprint density at radius 2 is 1.34 bits per heavy atom. The molecule has 0 aliphatic rings. The zero-order chi connectivity index (χ0) is 20.6. The molecule has 152 valence electrons. The van der Waals surface area contributed by atoms with E-state index in [4.69, 9.17) is 37.4 Å². The standard InChI is InChI=1S/C23H23Cl2NO3/c1-27-21-10-6-4-7-16(21)13-26-14-18-11-22(28-2)23(12-20(18)25)29-15-17-8-3-5-9-19(17)24/h3-12,26H,13-15H2,1-2H3. The fourth-order valence-electron chi connectivity index (χ4n) is 2.94. The second-order valence-corrected chi connectivity index (χ2v) is 7.20. The van der Waals surface area contributed by atoms with Crippen LogP contribution in [0, 0.1) is 0 Å². The predicted molar refractivity (Wildman–Crippen MR) is 117 cm³/mol. The number of nitrogens with one attached hydrogen (secondary N) is 1. The average molecular weight is 432 g/mol. The number of methoxy groups -OCH3 is 2. The van der Waals surface area contributed by atoms with E-state index < -0.39 is 0 Å². The topological polar surface area (TPSA) is 39.7 Å². The molecular weight excluding hydrogens is 409 g/mol. The van der Waals surface area contributed by atoms with Gasteiger partial charge in [0.05, 0.1) is 14.2 Å². The van der Waals surface area contributed by atoms with E-state index >= 15 is 0 Å². The number of para-hydroxylation sites is 1. The molecular formula is C23H23Cl2NO3. The van der Waals surface area contributed by atoms with Crippen molar-refractivity contribution in [2.45, 2.75) is 19.7 Å². The Hall–Kier alpha value is -2.40. The van der Waals surface area contributed by atoms with Crippen LogP contribution in [0.5, 0.6) is 17.2 Å². The van der Waals surface area contributed by atoms with Crippen LogP contribution in [0.25, 0.3) is 0 Å². The summed E-state index contributed by atoms with van der Waals surface area (Å²) in [6.07, 6.45) is 0. The van der Waals surface area contributed by atoms with Crippen LogP contribution >= 0.6 is 23.2 Å². The van der Waals surface area contributed by atoms with Crippen molar-refractivity contribution in [3.05, 3.63) is 87.4 Å². The molecule has 0 bridgehead atoms. The molecule has 3 aromatic rings. The molecule has 3 aromatic carbocycles. The Morgan fingerprint density at radius 1 is 0.690 bits per heavy atom. The first-order chi connectivity index (χ1) is 14.1. The largest absolute Gasteiger partial charge is 0.496 e. The van der Waals surface area contributed by atoms with Crippen LogP contribution in [0.3, 0.4) is 0 Å². The molecule has 0 aromatic heterocycles. The van der Waals surface area contributed by atoms with E-state index in [1.165, 1.54) is 0 Å². The van der Waals surface area contributed by atoms with E-state index in [2.05, 4.69) is 5.32 Å². The molecule has 4 nitrogen and oxygen atoms in total. The molecule has 0 spiro atoms. The van der Waals surface area contributed by atoms with Gasteiger partial charge in [0.2, 0.25) is 0 Å². The summed E-state index contributed by atoms with van der Waals surface area (Å²) in [6.45, 7) is 1.57. The first-order valence-corrected chi connectivity index (χ1v) is 9.93. The fraction of sp³-hybridized carbons (Fsp3) is 0.217. The third kappa shape index (κ3) is 5.57. The summed E-state index contributed by atoms with van der Waals surface area (Å²) in [6, 6.07) is 19.1. The minimum absolute atomic E-state index is 0.331. The number of hydrogen-bond acceptors (Lipinski definition) is 4. The highest BCUT2D eigenvalue weighted by Crippen LogP contribution is 2.34. The van der Waals surface area contributed by atoms with Crippen LogP contribution in [0.15, 0.2) is 60.7 Å². The van der Waals surface area contributed by atoms with Gasteiger partial charge in [0.15, 0.2) is 11.5 Å². The lowest BCUT2D eigenvalue weighted by Gasteiger charge is -2.15. The number of rotatable bonds is 9. The molecule has 29 heavy (non-hydrogen) atoms. The van der Waals surface area contributed by atoms with Crippen molar-refractivity contribution in [2.75, 3.05) is 14.2 Å². The maximum absolute atomic E-state index is 6.49. The molecule has 0 aliphatic carbocycles. The molecule has 0 amide bonds. The Balaban J connectivity index is 1.67. The van der Waals surface area contributed by atoms with Crippen LogP contribution in [0.2, 0.25) is 10.0 Å². The third-order valence-corrected chi connectivity index (χ3v) is 5.22. The minimum Gasteiger partial charge on any atom is -0.496 e. The van der Waals surface area contributed by atoms with E-state index in [0.29, 0.717) is 41.2 Å². The molecule has 0 saturated carbocycles. The van der Waals surface area contributed by atoms with Crippen molar-refractivity contribution >= 4 is 23.2 Å². The van der Waals surface area contributed by atoms with Gasteiger partial charge in [-0.25, -0.2) is 0 Å². The number of hydrogen-bond donors (Lipinski definition) is 1. The van der Waals surface area contributed by atoms with Gasteiger partial charge in [0.25, 0.3) is 0 Å². The highest BCUT2D eigenvalue weighted by atomic mass is 35.5. The van der Waals surface area contributed by atoms with Gasteiger partial charge in [-0.05, 0) is 23.8 Å². The first-order valence-electron chi connectivity index (χ1n) is 9.17. The molecule has 0 radical (unpaired) electrons. The maximum Gasteiger partial charge on any atom is 0.163 e. The third-order valence-electron chi connectivity index (χ3n) is 4.50. The summed E-state index contributed by atoms with van der Waals surface area (Å²) >= 11 is 12.7. The van der Waals surface area contributed by atoms with Gasteiger partial charge in [0.1, 0.15) is 12.4 Å². The zero-order valence-corrected chi connectivity index (χ0v) is 17.9. The van der Waals surface area contributed by atoms with Gasteiger partial charge in [-0.2, -0.15) is 0 Å². The quantitative estimate of drug-likeness (QED) is 0.459. The van der Waals surface area contributed by atoms with E-state index in [-0.39, 0.29) is 0 Å². The summed E-state index contributed by atoms with van der Waals surface area (Å²) in [5.41, 5.74) is 2.90. The van der Waals surface area contributed by atoms with Crippen LogP contribution in [0.1, 0.15) is 16.7 Å². The van der Waals surface area contributed by atoms with Crippen molar-refractivity contribution in [1.82, 2.24) is 5.32 Å². The minimum atomic E-state index is 0.331. The average Bonchev–Trinajstić information content (AvgIpc) is 2.74. The van der Waals surface area contributed by atoms with E-state index in [1.807, 2.05) is 54.6 Å². The number of halogens is 2. The molecule has 0 unspecified atom stereocenters. The molecule has 0 saturated heterocycles. The molecule has 0 heterocycles. The Morgan fingerprint density at radius 3 is 2.07 bits per heavy atom. The van der Waals surface area contributed by atoms with Gasteiger partial charge in [-0.1, -0.05) is 59.6 Å². The Kier molecular flexibility index (Phi) is 7.64. The Bertz CT molecular complexity index is 963. The van der Waals surface area contributed by atoms with Crippen molar-refractivity contribution in [3.63, 3.8) is 0 Å². The van der Waals surface area contributed by atoms with Gasteiger partial charge < -0.3 is 19.5 Å². The first kappa shape index (κ1) is 21.3. The SMILES string of the molecule is COc1ccccc1CNCc1cc(OC)c(OCc2ccccc2Cl)cc1Cl. The lowest BCUT2D eigenvalue weighted by Crippen LogP contribution is -2.14. The second-order valence-electron chi connectivity index (χ2n) is 6.39. The van der Waals surface area contributed by atoms with E-state index in [0.717, 1.165) is 22.4 Å². The van der Waals surface area contributed by atoms with E-state index in [9.17, 15) is 0 Å². The normalized spacial score (nSPS) is 10.6. The van der Waals surface area contributed by atoms with Gasteiger partial charge in [-0.15, -0.1) is 0 Å². The van der Waals surface area contributed by atoms with Crippen LogP contribution in [-0.4, -0.2) is 14.2 Å². The summed E-state index contributed by atoms with van der Waals surface area (Å²) in [5, 5.41) is 4.66. The number of ether oxygens (including phenoxy) is 3. The molecule has 0 atom stereocenters. The van der Waals surface area contributed by atoms with Crippen LogP contribution in [0.4, 0.5) is 0 Å². The number of benzene rings is 3. The lowest BCUT2D eigenvalue weighted by molar-refractivity contribution is 0.284. The molecule has 3 rings (SSSR count).